The van der Waals surface area contributed by atoms with E-state index in [-0.39, 0.29) is 25.3 Å². The fraction of sp³-hybridized carbons (Fsp3) is 0.409. The molecule has 5 rings (SSSR count). The molecule has 0 bridgehead atoms. The summed E-state index contributed by atoms with van der Waals surface area (Å²) in [7, 11) is 0. The third kappa shape index (κ3) is 5.16. The normalized spacial score (nSPS) is 18.7. The number of pyridine rings is 1. The van der Waals surface area contributed by atoms with E-state index in [0.717, 1.165) is 13.1 Å². The van der Waals surface area contributed by atoms with E-state index < -0.39 is 11.6 Å². The molecule has 0 unspecified atom stereocenters. The number of fused-ring (bicyclic) bond motifs is 1. The number of rotatable bonds is 5. The van der Waals surface area contributed by atoms with E-state index in [4.69, 9.17) is 9.47 Å². The van der Waals surface area contributed by atoms with E-state index in [0.29, 0.717) is 67.6 Å². The molecule has 2 aromatic heterocycles. The molecule has 0 radical (unpaired) electrons. The summed E-state index contributed by atoms with van der Waals surface area (Å²) in [6.45, 7) is 4.52. The van der Waals surface area contributed by atoms with Crippen LogP contribution >= 0.6 is 13.5 Å². The summed E-state index contributed by atoms with van der Waals surface area (Å²) in [6, 6.07) is 4.32. The third-order valence-corrected chi connectivity index (χ3v) is 5.60. The van der Waals surface area contributed by atoms with Crippen molar-refractivity contribution in [2.75, 3.05) is 62.8 Å². The average molecular weight is 477 g/mol. The van der Waals surface area contributed by atoms with Gasteiger partial charge in [-0.15, -0.1) is 0 Å². The minimum Gasteiger partial charge on any atom is -0.378 e. The molecule has 2 aliphatic heterocycles. The molecule has 0 saturated carbocycles. The molecule has 2 N–H and O–H groups in total. The van der Waals surface area contributed by atoms with Gasteiger partial charge in [0.1, 0.15) is 22.8 Å². The van der Waals surface area contributed by atoms with Gasteiger partial charge in [-0.3, -0.25) is 4.98 Å². The van der Waals surface area contributed by atoms with E-state index in [1.807, 2.05) is 0 Å². The fourth-order valence-electron chi connectivity index (χ4n) is 4.01. The second-order valence-electron chi connectivity index (χ2n) is 7.75. The maximum atomic E-state index is 15.0. The molecule has 0 spiro atoms. The van der Waals surface area contributed by atoms with Crippen LogP contribution in [0.5, 0.6) is 0 Å². The van der Waals surface area contributed by atoms with Gasteiger partial charge in [0.2, 0.25) is 0 Å². The molecule has 11 heteroatoms. The monoisotopic (exact) mass is 476 g/mol. The van der Waals surface area contributed by atoms with Crippen molar-refractivity contribution in [3.8, 4) is 11.3 Å². The first-order valence-corrected chi connectivity index (χ1v) is 10.7. The Labute approximate surface area is 197 Å². The first-order valence-electron chi connectivity index (χ1n) is 10.7. The van der Waals surface area contributed by atoms with Crippen molar-refractivity contribution in [2.24, 2.45) is 0 Å². The number of ether oxygens (including phenoxy) is 2. The molecule has 1 atom stereocenters. The lowest BCUT2D eigenvalue weighted by Gasteiger charge is -2.29. The Balaban J connectivity index is 0.00000259. The van der Waals surface area contributed by atoms with Crippen molar-refractivity contribution in [3.63, 3.8) is 0 Å². The number of morpholine rings is 2. The Bertz CT molecular complexity index is 1090. The molecule has 3 aromatic rings. The molecule has 0 aliphatic carbocycles. The lowest BCUT2D eigenvalue weighted by molar-refractivity contribution is 0.0372. The maximum absolute atomic E-state index is 15.0. The minimum atomic E-state index is -0.626. The lowest BCUT2D eigenvalue weighted by Crippen LogP contribution is -2.42. The average Bonchev–Trinajstić information content (AvgIpc) is 2.83. The maximum Gasteiger partial charge on any atom is 0.154 e. The Morgan fingerprint density at radius 3 is 2.55 bits per heavy atom. The number of nitrogens with zero attached hydrogens (tertiary/aromatic N) is 4. The van der Waals surface area contributed by atoms with Gasteiger partial charge in [-0.2, -0.15) is 13.5 Å². The van der Waals surface area contributed by atoms with Crippen LogP contribution in [0.3, 0.4) is 0 Å². The highest BCUT2D eigenvalue weighted by Gasteiger charge is 2.22. The van der Waals surface area contributed by atoms with Crippen LogP contribution in [-0.2, 0) is 9.47 Å². The summed E-state index contributed by atoms with van der Waals surface area (Å²) in [5, 5.41) is 6.55. The first-order chi connectivity index (χ1) is 15.7. The second kappa shape index (κ2) is 10.6. The highest BCUT2D eigenvalue weighted by atomic mass is 32.1. The second-order valence-corrected chi connectivity index (χ2v) is 7.75. The number of hydrogen-bond donors (Lipinski definition) is 2. The molecule has 4 heterocycles. The molecule has 8 nitrogen and oxygen atoms in total. The van der Waals surface area contributed by atoms with Crippen LogP contribution in [0.25, 0.3) is 22.3 Å². The Morgan fingerprint density at radius 1 is 1.06 bits per heavy atom. The topological polar surface area (TPSA) is 84.4 Å². The smallest absolute Gasteiger partial charge is 0.154 e. The van der Waals surface area contributed by atoms with Gasteiger partial charge in [0.05, 0.1) is 37.1 Å². The van der Waals surface area contributed by atoms with E-state index in [2.05, 4.69) is 25.6 Å². The number of nitrogens with one attached hydrogen (secondary N) is 2. The largest absolute Gasteiger partial charge is 0.378 e. The van der Waals surface area contributed by atoms with Gasteiger partial charge in [-0.1, -0.05) is 0 Å². The van der Waals surface area contributed by atoms with Crippen molar-refractivity contribution in [2.45, 2.75) is 6.10 Å². The zero-order valence-electron chi connectivity index (χ0n) is 18.0. The van der Waals surface area contributed by atoms with Gasteiger partial charge in [-0.05, 0) is 18.2 Å². The van der Waals surface area contributed by atoms with Crippen LogP contribution in [-0.4, -0.2) is 73.6 Å². The Kier molecular flexibility index (Phi) is 7.53. The molecule has 2 aliphatic rings. The van der Waals surface area contributed by atoms with Crippen LogP contribution in [0.15, 0.2) is 30.6 Å². The summed E-state index contributed by atoms with van der Waals surface area (Å²) in [6.07, 6.45) is 3.15. The molecule has 1 aromatic carbocycles. The van der Waals surface area contributed by atoms with Crippen molar-refractivity contribution in [3.05, 3.63) is 42.2 Å². The molecule has 0 amide bonds. The van der Waals surface area contributed by atoms with Crippen LogP contribution < -0.4 is 15.5 Å². The van der Waals surface area contributed by atoms with Gasteiger partial charge in [0.15, 0.2) is 5.82 Å². The van der Waals surface area contributed by atoms with Crippen LogP contribution in [0, 0.1) is 11.6 Å². The van der Waals surface area contributed by atoms with Crippen molar-refractivity contribution in [1.82, 2.24) is 20.3 Å². The summed E-state index contributed by atoms with van der Waals surface area (Å²) in [5.41, 5.74) is 1.89. The summed E-state index contributed by atoms with van der Waals surface area (Å²) in [5.74, 6) is -0.754. The first kappa shape index (κ1) is 23.6. The van der Waals surface area contributed by atoms with E-state index in [1.54, 1.807) is 23.4 Å². The molecule has 176 valence electrons. The number of anilines is 2. The predicted molar refractivity (Wildman–Crippen MR) is 127 cm³/mol. The van der Waals surface area contributed by atoms with Gasteiger partial charge in [0, 0.05) is 50.7 Å². The lowest BCUT2D eigenvalue weighted by atomic mass is 10.1. The van der Waals surface area contributed by atoms with Gasteiger partial charge >= 0.3 is 0 Å². The molecule has 2 fully saturated rings. The third-order valence-electron chi connectivity index (χ3n) is 5.60. The van der Waals surface area contributed by atoms with E-state index >= 15 is 0 Å². The zero-order valence-corrected chi connectivity index (χ0v) is 19.0. The van der Waals surface area contributed by atoms with Gasteiger partial charge < -0.3 is 25.0 Å². The number of hydrogen-bond acceptors (Lipinski definition) is 8. The molecule has 33 heavy (non-hydrogen) atoms. The van der Waals surface area contributed by atoms with Gasteiger partial charge in [0.25, 0.3) is 0 Å². The fourth-order valence-corrected chi connectivity index (χ4v) is 4.01. The zero-order chi connectivity index (χ0) is 21.9. The van der Waals surface area contributed by atoms with Crippen LogP contribution in [0.1, 0.15) is 0 Å². The predicted octanol–water partition coefficient (Wildman–Crippen LogP) is 2.32. The minimum absolute atomic E-state index is 0. The van der Waals surface area contributed by atoms with Crippen molar-refractivity contribution in [1.29, 1.82) is 0 Å². The number of benzene rings is 1. The summed E-state index contributed by atoms with van der Waals surface area (Å²) < 4.78 is 41.0. The Morgan fingerprint density at radius 2 is 1.82 bits per heavy atom. The molecule has 2 saturated heterocycles. The summed E-state index contributed by atoms with van der Waals surface area (Å²) in [4.78, 5) is 15.0. The number of halogens is 2. The van der Waals surface area contributed by atoms with Crippen LogP contribution in [0.2, 0.25) is 0 Å². The quantitative estimate of drug-likeness (QED) is 0.581. The SMILES string of the molecule is Fc1cc(-c2cc3nccnc3c(NC[C@@H]3CNCCO3)n2)cc(F)c1N1CCOCC1.S. The summed E-state index contributed by atoms with van der Waals surface area (Å²) >= 11 is 0. The number of aromatic nitrogens is 3. The Hall–Kier alpha value is -2.60. The van der Waals surface area contributed by atoms with Crippen molar-refractivity contribution < 1.29 is 18.3 Å². The molecular weight excluding hydrogens is 450 g/mol. The van der Waals surface area contributed by atoms with Crippen molar-refractivity contribution >= 4 is 36.0 Å². The van der Waals surface area contributed by atoms with E-state index in [1.165, 1.54) is 12.1 Å². The molecular formula is C22H26F2N6O2S. The highest BCUT2D eigenvalue weighted by Crippen LogP contribution is 2.32. The highest BCUT2D eigenvalue weighted by molar-refractivity contribution is 7.59. The van der Waals surface area contributed by atoms with E-state index in [9.17, 15) is 8.78 Å². The standard InChI is InChI=1S/C22H24F2N6O2.H2S/c23-16-9-14(10-17(24)21(16)30-4-7-31-8-5-30)18-11-19-20(27-2-1-26-19)22(29-18)28-13-15-12-25-3-6-32-15;/h1-2,9-11,15,25H,3-8,12-13H2,(H,28,29);1H2/t15-;/m0./s1. The van der Waals surface area contributed by atoms with Gasteiger partial charge in [-0.25, -0.2) is 18.7 Å². The van der Waals surface area contributed by atoms with Crippen LogP contribution in [0.4, 0.5) is 20.3 Å².